The molecule has 0 unspecified atom stereocenters. The number of para-hydroxylation sites is 1. The molecule has 0 saturated carbocycles. The third-order valence-corrected chi connectivity index (χ3v) is 4.52. The van der Waals surface area contributed by atoms with Crippen LogP contribution in [0.25, 0.3) is 11.2 Å². The number of hydrogen-bond acceptors (Lipinski definition) is 4. The zero-order valence-corrected chi connectivity index (χ0v) is 15.0. The molecule has 0 radical (unpaired) electrons. The first kappa shape index (κ1) is 17.7. The van der Waals surface area contributed by atoms with Gasteiger partial charge in [-0.05, 0) is 18.6 Å². The standard InChI is InChI=1S/C18H21N5O3/c1-20(13-8-5-4-6-9-13)14(24)10-7-11-23-12-19-16-15(23)17(25)22(3)18(26)21(16)2/h4-6,8-9,12H,7,10-11H2,1-3H3. The lowest BCUT2D eigenvalue weighted by Crippen LogP contribution is -2.37. The van der Waals surface area contributed by atoms with E-state index >= 15 is 0 Å². The van der Waals surface area contributed by atoms with Gasteiger partial charge in [-0.1, -0.05) is 18.2 Å². The first-order valence-electron chi connectivity index (χ1n) is 8.34. The van der Waals surface area contributed by atoms with Crippen molar-refractivity contribution in [3.8, 4) is 0 Å². The topological polar surface area (TPSA) is 82.1 Å². The lowest BCUT2D eigenvalue weighted by atomic mass is 10.2. The number of rotatable bonds is 5. The van der Waals surface area contributed by atoms with Gasteiger partial charge in [0.05, 0.1) is 6.33 Å². The Hall–Kier alpha value is -3.16. The molecule has 0 fully saturated rings. The zero-order valence-electron chi connectivity index (χ0n) is 15.0. The predicted molar refractivity (Wildman–Crippen MR) is 99.3 cm³/mol. The van der Waals surface area contributed by atoms with Crippen LogP contribution in [0.1, 0.15) is 12.8 Å². The van der Waals surface area contributed by atoms with Crippen molar-refractivity contribution in [2.24, 2.45) is 14.1 Å². The monoisotopic (exact) mass is 355 g/mol. The molecule has 1 amide bonds. The number of hydrogen-bond donors (Lipinski definition) is 0. The highest BCUT2D eigenvalue weighted by Gasteiger charge is 2.15. The number of nitrogens with zero attached hydrogens (tertiary/aromatic N) is 5. The molecule has 0 aliphatic carbocycles. The van der Waals surface area contributed by atoms with Gasteiger partial charge in [-0.2, -0.15) is 0 Å². The number of benzene rings is 1. The molecule has 0 atom stereocenters. The Labute approximate surface area is 149 Å². The molecule has 2 heterocycles. The van der Waals surface area contributed by atoms with Crippen LogP contribution < -0.4 is 16.1 Å². The second-order valence-electron chi connectivity index (χ2n) is 6.21. The summed E-state index contributed by atoms with van der Waals surface area (Å²) < 4.78 is 4.11. The first-order valence-corrected chi connectivity index (χ1v) is 8.34. The van der Waals surface area contributed by atoms with Crippen LogP contribution in [0.5, 0.6) is 0 Å². The van der Waals surface area contributed by atoms with Gasteiger partial charge >= 0.3 is 5.69 Å². The van der Waals surface area contributed by atoms with E-state index in [0.29, 0.717) is 30.6 Å². The van der Waals surface area contributed by atoms with Crippen molar-refractivity contribution in [1.82, 2.24) is 18.7 Å². The van der Waals surface area contributed by atoms with Gasteiger partial charge in [-0.3, -0.25) is 18.7 Å². The number of imidazole rings is 1. The Morgan fingerprint density at radius 2 is 1.81 bits per heavy atom. The molecule has 3 rings (SSSR count). The van der Waals surface area contributed by atoms with Gasteiger partial charge < -0.3 is 9.47 Å². The molecular weight excluding hydrogens is 334 g/mol. The van der Waals surface area contributed by atoms with Crippen LogP contribution in [0.3, 0.4) is 0 Å². The second-order valence-corrected chi connectivity index (χ2v) is 6.21. The minimum Gasteiger partial charge on any atom is -0.325 e. The average molecular weight is 355 g/mol. The number of anilines is 1. The van der Waals surface area contributed by atoms with Crippen molar-refractivity contribution >= 4 is 22.8 Å². The average Bonchev–Trinajstić information content (AvgIpc) is 3.08. The molecule has 0 spiro atoms. The summed E-state index contributed by atoms with van der Waals surface area (Å²) in [6.07, 6.45) is 2.45. The van der Waals surface area contributed by atoms with E-state index in [1.807, 2.05) is 30.3 Å². The molecule has 1 aromatic carbocycles. The minimum atomic E-state index is -0.410. The van der Waals surface area contributed by atoms with E-state index < -0.39 is 5.69 Å². The molecule has 0 bridgehead atoms. The fourth-order valence-electron chi connectivity index (χ4n) is 2.93. The van der Waals surface area contributed by atoms with Gasteiger partial charge in [0.15, 0.2) is 11.2 Å². The SMILES string of the molecule is CN(C(=O)CCCn1cnc2c1c(=O)n(C)c(=O)n2C)c1ccccc1. The van der Waals surface area contributed by atoms with Gasteiger partial charge in [0.1, 0.15) is 0 Å². The van der Waals surface area contributed by atoms with Crippen LogP contribution >= 0.6 is 0 Å². The Kier molecular flexibility index (Phi) is 4.75. The van der Waals surface area contributed by atoms with Crippen molar-refractivity contribution in [3.63, 3.8) is 0 Å². The quantitative estimate of drug-likeness (QED) is 0.680. The van der Waals surface area contributed by atoms with E-state index in [9.17, 15) is 14.4 Å². The largest absolute Gasteiger partial charge is 0.332 e. The van der Waals surface area contributed by atoms with Crippen molar-refractivity contribution in [1.29, 1.82) is 0 Å². The molecule has 2 aromatic heterocycles. The Morgan fingerprint density at radius 1 is 1.12 bits per heavy atom. The van der Waals surface area contributed by atoms with Gasteiger partial charge in [0, 0.05) is 39.8 Å². The molecule has 0 aliphatic rings. The van der Waals surface area contributed by atoms with Gasteiger partial charge in [-0.15, -0.1) is 0 Å². The second kappa shape index (κ2) is 6.99. The third kappa shape index (κ3) is 3.05. The maximum atomic E-state index is 12.4. The number of amides is 1. The van der Waals surface area contributed by atoms with Crippen LogP contribution in [0.4, 0.5) is 5.69 Å². The molecular formula is C18H21N5O3. The Bertz CT molecular complexity index is 1060. The number of carbonyl (C=O) groups excluding carboxylic acids is 1. The van der Waals surface area contributed by atoms with Gasteiger partial charge in [-0.25, -0.2) is 9.78 Å². The van der Waals surface area contributed by atoms with E-state index in [1.54, 1.807) is 23.6 Å². The number of fused-ring (bicyclic) bond motifs is 1. The lowest BCUT2D eigenvalue weighted by Gasteiger charge is -2.17. The first-order chi connectivity index (χ1) is 12.4. The predicted octanol–water partition coefficient (Wildman–Crippen LogP) is 0.877. The summed E-state index contributed by atoms with van der Waals surface area (Å²) in [6, 6.07) is 9.43. The van der Waals surface area contributed by atoms with Crippen molar-refractivity contribution in [3.05, 3.63) is 57.5 Å². The van der Waals surface area contributed by atoms with Gasteiger partial charge in [0.25, 0.3) is 5.56 Å². The van der Waals surface area contributed by atoms with E-state index in [4.69, 9.17) is 0 Å². The molecule has 26 heavy (non-hydrogen) atoms. The lowest BCUT2D eigenvalue weighted by molar-refractivity contribution is -0.118. The van der Waals surface area contributed by atoms with Crippen molar-refractivity contribution in [2.45, 2.75) is 19.4 Å². The Balaban J connectivity index is 1.74. The highest BCUT2D eigenvalue weighted by molar-refractivity contribution is 5.92. The molecule has 3 aromatic rings. The number of aromatic nitrogens is 4. The molecule has 8 nitrogen and oxygen atoms in total. The number of carbonyl (C=O) groups is 1. The maximum Gasteiger partial charge on any atom is 0.332 e. The molecule has 136 valence electrons. The normalized spacial score (nSPS) is 11.0. The van der Waals surface area contributed by atoms with Crippen LogP contribution in [0.15, 0.2) is 46.2 Å². The highest BCUT2D eigenvalue weighted by atomic mass is 16.2. The molecule has 0 N–H and O–H groups in total. The van der Waals surface area contributed by atoms with E-state index in [0.717, 1.165) is 10.3 Å². The summed E-state index contributed by atoms with van der Waals surface area (Å²) in [5, 5.41) is 0. The summed E-state index contributed by atoms with van der Waals surface area (Å²) >= 11 is 0. The minimum absolute atomic E-state index is 0.000855. The number of aryl methyl sites for hydroxylation is 2. The van der Waals surface area contributed by atoms with E-state index in [-0.39, 0.29) is 11.5 Å². The summed E-state index contributed by atoms with van der Waals surface area (Å²) in [6.45, 7) is 0.471. The summed E-state index contributed by atoms with van der Waals surface area (Å²) in [4.78, 5) is 42.5. The van der Waals surface area contributed by atoms with Crippen LogP contribution in [0.2, 0.25) is 0 Å². The van der Waals surface area contributed by atoms with Crippen LogP contribution in [-0.2, 0) is 25.4 Å². The van der Waals surface area contributed by atoms with Crippen molar-refractivity contribution in [2.75, 3.05) is 11.9 Å². The van der Waals surface area contributed by atoms with E-state index in [2.05, 4.69) is 4.98 Å². The molecule has 0 saturated heterocycles. The fraction of sp³-hybridized carbons (Fsp3) is 0.333. The Morgan fingerprint density at radius 3 is 2.50 bits per heavy atom. The maximum absolute atomic E-state index is 12.4. The third-order valence-electron chi connectivity index (χ3n) is 4.52. The van der Waals surface area contributed by atoms with Gasteiger partial charge in [0.2, 0.25) is 5.91 Å². The summed E-state index contributed by atoms with van der Waals surface area (Å²) in [7, 11) is 4.77. The molecule has 0 aliphatic heterocycles. The zero-order chi connectivity index (χ0) is 18.8. The smallest absolute Gasteiger partial charge is 0.325 e. The fourth-order valence-corrected chi connectivity index (χ4v) is 2.93. The van der Waals surface area contributed by atoms with Crippen molar-refractivity contribution < 1.29 is 4.79 Å². The van der Waals surface area contributed by atoms with Crippen LogP contribution in [0, 0.1) is 0 Å². The highest BCUT2D eigenvalue weighted by Crippen LogP contribution is 2.13. The molecule has 8 heteroatoms. The van der Waals surface area contributed by atoms with E-state index in [1.165, 1.54) is 17.9 Å². The summed E-state index contributed by atoms with van der Waals surface area (Å²) in [5.41, 5.74) is 0.777. The summed E-state index contributed by atoms with van der Waals surface area (Å²) in [5.74, 6) is 0.000855. The van der Waals surface area contributed by atoms with Crippen LogP contribution in [-0.4, -0.2) is 31.6 Å².